The second-order valence-electron chi connectivity index (χ2n) is 10.5. The molecule has 0 saturated heterocycles. The van der Waals surface area contributed by atoms with Crippen LogP contribution in [0.15, 0.2) is 41.6 Å². The van der Waals surface area contributed by atoms with Crippen molar-refractivity contribution in [2.45, 2.75) is 58.3 Å². The molecule has 0 aliphatic heterocycles. The number of carbonyl (C=O) groups excluding carboxylic acids is 2. The van der Waals surface area contributed by atoms with Gasteiger partial charge in [-0.15, -0.1) is 11.3 Å². The molecule has 1 aliphatic carbocycles. The van der Waals surface area contributed by atoms with Crippen LogP contribution in [0.1, 0.15) is 48.8 Å². The Kier molecular flexibility index (Phi) is 7.06. The number of hydrogen-bond donors (Lipinski definition) is 3. The van der Waals surface area contributed by atoms with Crippen molar-refractivity contribution in [3.05, 3.63) is 57.6 Å². The molecule has 3 N–H and O–H groups in total. The Labute approximate surface area is 233 Å². The van der Waals surface area contributed by atoms with Crippen LogP contribution >= 0.6 is 11.3 Å². The van der Waals surface area contributed by atoms with Crippen molar-refractivity contribution in [2.24, 2.45) is 0 Å². The van der Waals surface area contributed by atoms with Crippen LogP contribution in [0, 0.1) is 6.92 Å². The third-order valence-corrected chi connectivity index (χ3v) is 7.20. The largest absolute Gasteiger partial charge is 0.443 e. The number of rotatable bonds is 6. The van der Waals surface area contributed by atoms with Gasteiger partial charge in [0.05, 0.1) is 18.3 Å². The molecular formula is C26H30N8O5S. The zero-order valence-electron chi connectivity index (χ0n) is 22.7. The molecule has 40 heavy (non-hydrogen) atoms. The van der Waals surface area contributed by atoms with Crippen LogP contribution in [0.5, 0.6) is 0 Å². The van der Waals surface area contributed by atoms with Gasteiger partial charge in [0.25, 0.3) is 11.5 Å². The van der Waals surface area contributed by atoms with Crippen LogP contribution < -0.4 is 21.1 Å². The second-order valence-corrected chi connectivity index (χ2v) is 11.7. The summed E-state index contributed by atoms with van der Waals surface area (Å²) in [5.41, 5.74) is -0.605. The van der Waals surface area contributed by atoms with Gasteiger partial charge < -0.3 is 20.5 Å². The highest BCUT2D eigenvalue weighted by atomic mass is 32.1. The van der Waals surface area contributed by atoms with Gasteiger partial charge >= 0.3 is 6.09 Å². The molecule has 1 saturated carbocycles. The first-order chi connectivity index (χ1) is 18.9. The fourth-order valence-electron chi connectivity index (χ4n) is 4.06. The fraction of sp³-hybridized carbons (Fsp3) is 0.385. The molecule has 14 heteroatoms. The molecule has 0 radical (unpaired) electrons. The first kappa shape index (κ1) is 27.3. The molecule has 0 bridgehead atoms. The first-order valence-electron chi connectivity index (χ1n) is 12.7. The summed E-state index contributed by atoms with van der Waals surface area (Å²) in [6.07, 6.45) is 4.69. The number of anilines is 3. The van der Waals surface area contributed by atoms with E-state index < -0.39 is 23.7 Å². The minimum Gasteiger partial charge on any atom is -0.443 e. The lowest BCUT2D eigenvalue weighted by Crippen LogP contribution is -2.50. The zero-order valence-corrected chi connectivity index (χ0v) is 23.5. The maximum Gasteiger partial charge on any atom is 0.415 e. The molecule has 4 heterocycles. The summed E-state index contributed by atoms with van der Waals surface area (Å²) in [6.45, 7) is 7.16. The lowest BCUT2D eigenvalue weighted by molar-refractivity contribution is 0.0448. The number of aryl methyl sites for hydroxylation is 1. The predicted molar refractivity (Wildman–Crippen MR) is 150 cm³/mol. The summed E-state index contributed by atoms with van der Waals surface area (Å²) in [5.74, 6) is -0.0203. The number of hydrogen-bond acceptors (Lipinski definition) is 10. The van der Waals surface area contributed by atoms with Crippen LogP contribution in [0.25, 0.3) is 10.8 Å². The molecule has 5 rings (SSSR count). The van der Waals surface area contributed by atoms with Gasteiger partial charge in [0, 0.05) is 30.4 Å². The standard InChI is InChI=1S/C26H30N8O5S/c1-14-12-27-24(40-14)33-10-6-7-17(23(33)37)29-19-11-20(32(5)25(38)39-26(2,3)4)34-21(31-19)15(13-28-34)22(36)30-16-8-9-18(16)35/h6-7,10-13,16,18,35H,8-9H2,1-5H3,(H,29,31)(H,30,36)/t16?,18-/m1/s1. The van der Waals surface area contributed by atoms with Crippen molar-refractivity contribution in [1.82, 2.24) is 29.5 Å². The number of thiazole rings is 1. The van der Waals surface area contributed by atoms with Crippen molar-refractivity contribution in [2.75, 3.05) is 17.3 Å². The van der Waals surface area contributed by atoms with Gasteiger partial charge in [-0.05, 0) is 52.7 Å². The summed E-state index contributed by atoms with van der Waals surface area (Å²) in [6, 6.07) is 4.48. The van der Waals surface area contributed by atoms with E-state index in [0.717, 1.165) is 4.88 Å². The number of aromatic nitrogens is 5. The predicted octanol–water partition coefficient (Wildman–Crippen LogP) is 3.01. The van der Waals surface area contributed by atoms with Crippen LogP contribution in [0.2, 0.25) is 0 Å². The van der Waals surface area contributed by atoms with Gasteiger partial charge in [-0.2, -0.15) is 9.61 Å². The van der Waals surface area contributed by atoms with Crippen molar-refractivity contribution in [1.29, 1.82) is 0 Å². The van der Waals surface area contributed by atoms with Crippen LogP contribution in [0.4, 0.5) is 22.1 Å². The van der Waals surface area contributed by atoms with Gasteiger partial charge in [-0.25, -0.2) is 14.8 Å². The van der Waals surface area contributed by atoms with E-state index in [0.29, 0.717) is 18.0 Å². The van der Waals surface area contributed by atoms with E-state index in [2.05, 4.69) is 25.7 Å². The van der Waals surface area contributed by atoms with Crippen LogP contribution in [-0.2, 0) is 4.74 Å². The molecule has 2 amide bonds. The monoisotopic (exact) mass is 566 g/mol. The van der Waals surface area contributed by atoms with E-state index in [1.165, 1.54) is 44.6 Å². The normalized spacial score (nSPS) is 16.9. The minimum atomic E-state index is -0.749. The Hall–Kier alpha value is -4.30. The number of nitrogens with zero attached hydrogens (tertiary/aromatic N) is 6. The summed E-state index contributed by atoms with van der Waals surface area (Å²) >= 11 is 1.38. The molecule has 13 nitrogen and oxygen atoms in total. The first-order valence-corrected chi connectivity index (χ1v) is 13.5. The molecule has 1 fully saturated rings. The number of carbonyl (C=O) groups is 2. The van der Waals surface area contributed by atoms with E-state index >= 15 is 0 Å². The lowest BCUT2D eigenvalue weighted by atomic mass is 9.89. The number of ether oxygens (including phenoxy) is 1. The van der Waals surface area contributed by atoms with E-state index in [-0.39, 0.29) is 40.1 Å². The Morgan fingerprint density at radius 2 is 2.02 bits per heavy atom. The zero-order chi connectivity index (χ0) is 28.8. The molecule has 1 unspecified atom stereocenters. The van der Waals surface area contributed by atoms with E-state index in [1.807, 2.05) is 6.92 Å². The highest BCUT2D eigenvalue weighted by Crippen LogP contribution is 2.26. The lowest BCUT2D eigenvalue weighted by Gasteiger charge is -2.32. The van der Waals surface area contributed by atoms with Crippen molar-refractivity contribution >= 4 is 46.3 Å². The summed E-state index contributed by atoms with van der Waals surface area (Å²) in [5, 5.41) is 20.6. The minimum absolute atomic E-state index is 0.144. The SMILES string of the molecule is Cc1cnc(-n2cccc(Nc3cc(N(C)C(=O)OC(C)(C)C)n4ncc(C(=O)NC5CC[C@H]5O)c4n3)c2=O)s1. The summed E-state index contributed by atoms with van der Waals surface area (Å²) in [7, 11) is 1.51. The van der Waals surface area contributed by atoms with Crippen molar-refractivity contribution in [3.63, 3.8) is 0 Å². The Morgan fingerprint density at radius 3 is 2.65 bits per heavy atom. The average molecular weight is 567 g/mol. The second kappa shape index (κ2) is 10.4. The van der Waals surface area contributed by atoms with Gasteiger partial charge in [-0.1, -0.05) is 0 Å². The van der Waals surface area contributed by atoms with Crippen LogP contribution in [0.3, 0.4) is 0 Å². The fourth-order valence-corrected chi connectivity index (χ4v) is 4.80. The number of aliphatic hydroxyl groups is 1. The quantitative estimate of drug-likeness (QED) is 0.319. The highest BCUT2D eigenvalue weighted by molar-refractivity contribution is 7.14. The van der Waals surface area contributed by atoms with E-state index in [9.17, 15) is 19.5 Å². The molecular weight excluding hydrogens is 536 g/mol. The Balaban J connectivity index is 1.56. The van der Waals surface area contributed by atoms with Gasteiger partial charge in [-0.3, -0.25) is 19.1 Å². The third-order valence-electron chi connectivity index (χ3n) is 6.29. The molecule has 210 valence electrons. The molecule has 2 atom stereocenters. The summed E-state index contributed by atoms with van der Waals surface area (Å²) in [4.78, 5) is 50.4. The van der Waals surface area contributed by atoms with Gasteiger partial charge in [0.1, 0.15) is 28.5 Å². The molecule has 1 aliphatic rings. The number of fused-ring (bicyclic) bond motifs is 1. The van der Waals surface area contributed by atoms with E-state index in [1.54, 1.807) is 45.3 Å². The molecule has 0 spiro atoms. The maximum atomic E-state index is 13.3. The highest BCUT2D eigenvalue weighted by Gasteiger charge is 2.32. The van der Waals surface area contributed by atoms with Crippen molar-refractivity contribution in [3.8, 4) is 5.13 Å². The average Bonchev–Trinajstić information content (AvgIpc) is 3.52. The molecule has 4 aromatic heterocycles. The van der Waals surface area contributed by atoms with Gasteiger partial charge in [0.2, 0.25) is 0 Å². The van der Waals surface area contributed by atoms with Gasteiger partial charge in [0.15, 0.2) is 10.8 Å². The van der Waals surface area contributed by atoms with Crippen molar-refractivity contribution < 1.29 is 19.4 Å². The number of pyridine rings is 1. The smallest absolute Gasteiger partial charge is 0.415 e. The number of aliphatic hydroxyl groups excluding tert-OH is 1. The molecule has 0 aromatic carbocycles. The third kappa shape index (κ3) is 5.40. The topological polar surface area (TPSA) is 156 Å². The Bertz CT molecular complexity index is 1650. The maximum absolute atomic E-state index is 13.3. The number of amides is 2. The van der Waals surface area contributed by atoms with E-state index in [4.69, 9.17) is 4.74 Å². The van der Waals surface area contributed by atoms with Crippen LogP contribution in [-0.4, -0.2) is 66.1 Å². The molecule has 4 aromatic rings. The summed E-state index contributed by atoms with van der Waals surface area (Å²) < 4.78 is 8.30. The number of nitrogens with one attached hydrogen (secondary N) is 2. The Morgan fingerprint density at radius 1 is 1.25 bits per heavy atom.